The third-order valence-electron chi connectivity index (χ3n) is 5.22. The molecule has 3 N–H and O–H groups in total. The van der Waals surface area contributed by atoms with Crippen LogP contribution in [0.15, 0.2) is 36.5 Å². The number of anilines is 1. The number of aliphatic hydroxyl groups is 1. The van der Waals surface area contributed by atoms with Crippen molar-refractivity contribution in [1.82, 2.24) is 0 Å². The first-order valence-corrected chi connectivity index (χ1v) is 9.47. The molecule has 3 rings (SSSR count). The van der Waals surface area contributed by atoms with Gasteiger partial charge in [0.2, 0.25) is 0 Å². The fraction of sp³-hybridized carbons (Fsp3) is 0.476. The first-order valence-electron chi connectivity index (χ1n) is 9.47. The molecule has 140 valence electrons. The lowest BCUT2D eigenvalue weighted by Crippen LogP contribution is -3.16. The maximum atomic E-state index is 10.4. The lowest BCUT2D eigenvalue weighted by atomic mass is 10.1. The minimum absolute atomic E-state index is 0.351. The van der Waals surface area contributed by atoms with E-state index >= 15 is 0 Å². The normalized spacial score (nSPS) is 16.5. The molecule has 2 aromatic rings. The van der Waals surface area contributed by atoms with E-state index in [-0.39, 0.29) is 0 Å². The van der Waals surface area contributed by atoms with Crippen LogP contribution in [0.3, 0.4) is 0 Å². The lowest BCUT2D eigenvalue weighted by molar-refractivity contribution is -0.903. The third kappa shape index (κ3) is 4.74. The van der Waals surface area contributed by atoms with E-state index in [4.69, 9.17) is 4.74 Å². The highest BCUT2D eigenvalue weighted by Crippen LogP contribution is 2.23. The molecule has 1 aliphatic heterocycles. The Kier molecular flexibility index (Phi) is 6.12. The standard InChI is InChI=1S/C21H29N3O2/c1-16-12-17(2)18(3)20(13-16)26-15-19(25)14-23-8-10-24(11-9-23)21-6-4-5-7-22-21/h4-7,12-13,19,25H,8-11,14-15H2,1-3H3/p+2/t19-/m0/s1. The van der Waals surface area contributed by atoms with Gasteiger partial charge in [-0.15, -0.1) is 0 Å². The predicted octanol–water partition coefficient (Wildman–Crippen LogP) is 0.571. The number of pyridine rings is 1. The molecule has 1 atom stereocenters. The fourth-order valence-corrected chi connectivity index (χ4v) is 3.58. The van der Waals surface area contributed by atoms with Crippen LogP contribution in [0.1, 0.15) is 16.7 Å². The van der Waals surface area contributed by atoms with E-state index in [1.54, 1.807) is 0 Å². The second-order valence-corrected chi connectivity index (χ2v) is 7.36. The smallest absolute Gasteiger partial charge is 0.274 e. The molecule has 0 amide bonds. The van der Waals surface area contributed by atoms with E-state index in [1.807, 2.05) is 12.3 Å². The topological polar surface area (TPSA) is 51.3 Å². The molecule has 1 aromatic heterocycles. The van der Waals surface area contributed by atoms with Crippen LogP contribution in [-0.4, -0.2) is 50.5 Å². The summed E-state index contributed by atoms with van der Waals surface area (Å²) >= 11 is 0. The molecular weight excluding hydrogens is 326 g/mol. The van der Waals surface area contributed by atoms with Gasteiger partial charge >= 0.3 is 0 Å². The van der Waals surface area contributed by atoms with Crippen molar-refractivity contribution in [3.05, 3.63) is 53.2 Å². The molecule has 0 saturated carbocycles. The Labute approximate surface area is 156 Å². The largest absolute Gasteiger partial charge is 0.490 e. The molecule has 0 aliphatic carbocycles. The van der Waals surface area contributed by atoms with Gasteiger partial charge in [0.15, 0.2) is 0 Å². The Bertz CT molecular complexity index is 713. The van der Waals surface area contributed by atoms with Gasteiger partial charge in [0.1, 0.15) is 51.2 Å². The first kappa shape index (κ1) is 18.7. The van der Waals surface area contributed by atoms with Crippen molar-refractivity contribution in [2.75, 3.05) is 44.2 Å². The molecule has 0 radical (unpaired) electrons. The number of hydrogen-bond acceptors (Lipinski definition) is 3. The number of aromatic amines is 1. The van der Waals surface area contributed by atoms with Crippen molar-refractivity contribution in [2.24, 2.45) is 0 Å². The maximum Gasteiger partial charge on any atom is 0.274 e. The number of ether oxygens (including phenoxy) is 1. The van der Waals surface area contributed by atoms with E-state index < -0.39 is 6.10 Å². The van der Waals surface area contributed by atoms with Gasteiger partial charge in [-0.05, 0) is 49.6 Å². The maximum absolute atomic E-state index is 10.4. The molecule has 2 heterocycles. The average Bonchev–Trinajstić information content (AvgIpc) is 2.65. The number of nitrogens with zero attached hydrogens (tertiary/aromatic N) is 1. The number of aryl methyl sites for hydroxylation is 2. The highest BCUT2D eigenvalue weighted by atomic mass is 16.5. The molecule has 1 aromatic carbocycles. The number of piperazine rings is 1. The van der Waals surface area contributed by atoms with Crippen LogP contribution in [0.2, 0.25) is 0 Å². The summed E-state index contributed by atoms with van der Waals surface area (Å²) in [5.41, 5.74) is 3.58. The zero-order valence-corrected chi connectivity index (χ0v) is 16.1. The van der Waals surface area contributed by atoms with Crippen molar-refractivity contribution >= 4 is 5.82 Å². The fourth-order valence-electron chi connectivity index (χ4n) is 3.58. The summed E-state index contributed by atoms with van der Waals surface area (Å²) in [6, 6.07) is 10.4. The third-order valence-corrected chi connectivity index (χ3v) is 5.22. The Morgan fingerprint density at radius 1 is 1.19 bits per heavy atom. The van der Waals surface area contributed by atoms with Gasteiger partial charge in [0.05, 0.1) is 6.20 Å². The Morgan fingerprint density at radius 3 is 2.65 bits per heavy atom. The van der Waals surface area contributed by atoms with Gasteiger partial charge in [-0.3, -0.25) is 4.90 Å². The number of H-pyrrole nitrogens is 1. The van der Waals surface area contributed by atoms with Crippen LogP contribution in [0.25, 0.3) is 0 Å². The SMILES string of the molecule is Cc1cc(C)c(C)c(OC[C@@H](O)C[NH+]2CCN(c3cccc[nH+]3)CC2)c1. The minimum atomic E-state index is -0.444. The van der Waals surface area contributed by atoms with Crippen molar-refractivity contribution in [3.63, 3.8) is 0 Å². The molecule has 1 aliphatic rings. The van der Waals surface area contributed by atoms with Crippen LogP contribution in [0, 0.1) is 20.8 Å². The second kappa shape index (κ2) is 8.52. The van der Waals surface area contributed by atoms with Crippen molar-refractivity contribution < 1.29 is 19.7 Å². The number of aromatic nitrogens is 1. The molecule has 0 unspecified atom stereocenters. The van der Waals surface area contributed by atoms with Crippen LogP contribution in [-0.2, 0) is 0 Å². The van der Waals surface area contributed by atoms with E-state index in [0.717, 1.165) is 44.0 Å². The summed E-state index contributed by atoms with van der Waals surface area (Å²) in [6.07, 6.45) is 1.52. The Hall–Kier alpha value is -2.11. The predicted molar refractivity (Wildman–Crippen MR) is 103 cm³/mol. The summed E-state index contributed by atoms with van der Waals surface area (Å²) in [7, 11) is 0. The zero-order valence-electron chi connectivity index (χ0n) is 16.1. The highest BCUT2D eigenvalue weighted by molar-refractivity contribution is 5.41. The number of quaternary nitrogens is 1. The Morgan fingerprint density at radius 2 is 1.96 bits per heavy atom. The van der Waals surface area contributed by atoms with E-state index in [0.29, 0.717) is 6.61 Å². The molecule has 1 fully saturated rings. The number of hydrogen-bond donors (Lipinski definition) is 2. The summed E-state index contributed by atoms with van der Waals surface area (Å²) in [6.45, 7) is 11.4. The highest BCUT2D eigenvalue weighted by Gasteiger charge is 2.27. The first-order chi connectivity index (χ1) is 12.5. The molecular formula is C21H31N3O2+2. The van der Waals surface area contributed by atoms with Crippen LogP contribution in [0.4, 0.5) is 5.82 Å². The number of nitrogens with one attached hydrogen (secondary N) is 2. The van der Waals surface area contributed by atoms with Crippen molar-refractivity contribution in [2.45, 2.75) is 26.9 Å². The number of benzene rings is 1. The summed E-state index contributed by atoms with van der Waals surface area (Å²) < 4.78 is 5.91. The average molecular weight is 357 g/mol. The molecule has 0 spiro atoms. The van der Waals surface area contributed by atoms with Crippen LogP contribution < -0.4 is 19.5 Å². The van der Waals surface area contributed by atoms with Gasteiger partial charge < -0.3 is 14.7 Å². The quantitative estimate of drug-likeness (QED) is 0.795. The monoisotopic (exact) mass is 357 g/mol. The Balaban J connectivity index is 1.45. The van der Waals surface area contributed by atoms with Gasteiger partial charge in [-0.1, -0.05) is 12.1 Å². The van der Waals surface area contributed by atoms with Gasteiger partial charge in [0.25, 0.3) is 5.82 Å². The molecule has 1 saturated heterocycles. The van der Waals surface area contributed by atoms with Gasteiger partial charge in [-0.2, -0.15) is 0 Å². The summed E-state index contributed by atoms with van der Waals surface area (Å²) in [5.74, 6) is 2.06. The summed E-state index contributed by atoms with van der Waals surface area (Å²) in [5, 5.41) is 10.4. The summed E-state index contributed by atoms with van der Waals surface area (Å²) in [4.78, 5) is 7.10. The zero-order chi connectivity index (χ0) is 18.5. The van der Waals surface area contributed by atoms with Crippen LogP contribution in [0.5, 0.6) is 5.75 Å². The number of rotatable bonds is 6. The van der Waals surface area contributed by atoms with E-state index in [1.165, 1.54) is 21.8 Å². The van der Waals surface area contributed by atoms with Gasteiger partial charge in [-0.25, -0.2) is 4.98 Å². The number of aliphatic hydroxyl groups excluding tert-OH is 1. The van der Waals surface area contributed by atoms with E-state index in [9.17, 15) is 5.11 Å². The molecule has 5 heteroatoms. The van der Waals surface area contributed by atoms with Crippen LogP contribution >= 0.6 is 0 Å². The molecule has 5 nitrogen and oxygen atoms in total. The van der Waals surface area contributed by atoms with Crippen molar-refractivity contribution in [3.8, 4) is 5.75 Å². The minimum Gasteiger partial charge on any atom is -0.490 e. The molecule has 0 bridgehead atoms. The lowest BCUT2D eigenvalue weighted by Gasteiger charge is -2.29. The van der Waals surface area contributed by atoms with Gasteiger partial charge in [0, 0.05) is 6.07 Å². The second-order valence-electron chi connectivity index (χ2n) is 7.36. The van der Waals surface area contributed by atoms with Crippen molar-refractivity contribution in [1.29, 1.82) is 0 Å². The van der Waals surface area contributed by atoms with E-state index in [2.05, 4.69) is 54.9 Å². The molecule has 26 heavy (non-hydrogen) atoms.